The fraction of sp³-hybridized carbons (Fsp3) is 0.333. The second-order valence-corrected chi connectivity index (χ2v) is 6.64. The Kier molecular flexibility index (Phi) is 5.56. The zero-order chi connectivity index (χ0) is 18.5. The topological polar surface area (TPSA) is 45.1 Å². The highest BCUT2D eigenvalue weighted by Gasteiger charge is 2.15. The number of hydrogen-bond donors (Lipinski definition) is 0. The number of aryl methyl sites for hydroxylation is 1. The van der Waals surface area contributed by atoms with Crippen molar-refractivity contribution in [2.45, 2.75) is 20.3 Å². The third-order valence-electron chi connectivity index (χ3n) is 4.45. The monoisotopic (exact) mass is 351 g/mol. The molecule has 1 aliphatic rings. The van der Waals surface area contributed by atoms with Crippen molar-refractivity contribution in [3.8, 4) is 5.75 Å². The van der Waals surface area contributed by atoms with Gasteiger partial charge in [-0.3, -0.25) is 9.80 Å². The SMILES string of the molecule is CC1=NN(c2ccc(C(=O)N(C)CCOc3ccc(C)cc3)cc2)CC1. The van der Waals surface area contributed by atoms with Crippen molar-refractivity contribution in [1.82, 2.24) is 4.90 Å². The van der Waals surface area contributed by atoms with Gasteiger partial charge in [0.1, 0.15) is 12.4 Å². The first kappa shape index (κ1) is 18.0. The molecule has 0 aliphatic carbocycles. The van der Waals surface area contributed by atoms with Crippen molar-refractivity contribution in [2.75, 3.05) is 31.8 Å². The number of anilines is 1. The van der Waals surface area contributed by atoms with Crippen LogP contribution < -0.4 is 9.75 Å². The van der Waals surface area contributed by atoms with Crippen molar-refractivity contribution in [1.29, 1.82) is 0 Å². The maximum atomic E-state index is 12.5. The molecule has 1 amide bonds. The lowest BCUT2D eigenvalue weighted by Gasteiger charge is -2.18. The van der Waals surface area contributed by atoms with Gasteiger partial charge in [-0.2, -0.15) is 5.10 Å². The number of amides is 1. The van der Waals surface area contributed by atoms with Crippen LogP contribution in [0.3, 0.4) is 0 Å². The highest BCUT2D eigenvalue weighted by Crippen LogP contribution is 2.20. The van der Waals surface area contributed by atoms with Gasteiger partial charge in [-0.25, -0.2) is 0 Å². The third kappa shape index (κ3) is 4.42. The van der Waals surface area contributed by atoms with E-state index in [4.69, 9.17) is 4.74 Å². The number of hydrazone groups is 1. The van der Waals surface area contributed by atoms with Gasteiger partial charge in [0.25, 0.3) is 5.91 Å². The summed E-state index contributed by atoms with van der Waals surface area (Å²) < 4.78 is 5.70. The first-order valence-electron chi connectivity index (χ1n) is 8.89. The second-order valence-electron chi connectivity index (χ2n) is 6.64. The number of ether oxygens (including phenoxy) is 1. The Morgan fingerprint density at radius 2 is 1.81 bits per heavy atom. The van der Waals surface area contributed by atoms with Gasteiger partial charge in [0.05, 0.1) is 12.2 Å². The second kappa shape index (κ2) is 8.04. The summed E-state index contributed by atoms with van der Waals surface area (Å²) in [5.74, 6) is 0.812. The smallest absolute Gasteiger partial charge is 0.253 e. The van der Waals surface area contributed by atoms with Gasteiger partial charge in [0.15, 0.2) is 0 Å². The molecular formula is C21H25N3O2. The molecule has 0 N–H and O–H groups in total. The third-order valence-corrected chi connectivity index (χ3v) is 4.45. The summed E-state index contributed by atoms with van der Waals surface area (Å²) in [5, 5.41) is 6.46. The summed E-state index contributed by atoms with van der Waals surface area (Å²) in [4.78, 5) is 14.2. The van der Waals surface area contributed by atoms with Crippen LogP contribution in [0, 0.1) is 6.92 Å². The lowest BCUT2D eigenvalue weighted by atomic mass is 10.2. The largest absolute Gasteiger partial charge is 0.492 e. The van der Waals surface area contributed by atoms with E-state index in [1.54, 1.807) is 11.9 Å². The number of nitrogens with zero attached hydrogens (tertiary/aromatic N) is 3. The Morgan fingerprint density at radius 3 is 2.42 bits per heavy atom. The van der Waals surface area contributed by atoms with Crippen LogP contribution >= 0.6 is 0 Å². The molecule has 0 atom stereocenters. The van der Waals surface area contributed by atoms with Gasteiger partial charge in [0, 0.05) is 31.3 Å². The van der Waals surface area contributed by atoms with Crippen molar-refractivity contribution < 1.29 is 9.53 Å². The number of benzene rings is 2. The number of rotatable bonds is 6. The van der Waals surface area contributed by atoms with E-state index in [1.165, 1.54) is 5.56 Å². The zero-order valence-corrected chi connectivity index (χ0v) is 15.6. The molecule has 2 aromatic rings. The number of carbonyl (C=O) groups is 1. The number of likely N-dealkylation sites (N-methyl/N-ethyl adjacent to an activating group) is 1. The van der Waals surface area contributed by atoms with E-state index in [-0.39, 0.29) is 5.91 Å². The Labute approximate surface area is 154 Å². The van der Waals surface area contributed by atoms with Crippen LogP contribution in [0.2, 0.25) is 0 Å². The van der Waals surface area contributed by atoms with Crippen LogP contribution in [0.25, 0.3) is 0 Å². The molecular weight excluding hydrogens is 326 g/mol. The fourth-order valence-electron chi connectivity index (χ4n) is 2.79. The molecule has 0 spiro atoms. The molecule has 5 nitrogen and oxygen atoms in total. The van der Waals surface area contributed by atoms with Gasteiger partial charge in [-0.1, -0.05) is 17.7 Å². The van der Waals surface area contributed by atoms with Crippen molar-refractivity contribution in [3.63, 3.8) is 0 Å². The van der Waals surface area contributed by atoms with Crippen LogP contribution in [0.5, 0.6) is 5.75 Å². The van der Waals surface area contributed by atoms with Crippen LogP contribution in [-0.4, -0.2) is 43.3 Å². The summed E-state index contributed by atoms with van der Waals surface area (Å²) >= 11 is 0. The molecule has 5 heteroatoms. The minimum Gasteiger partial charge on any atom is -0.492 e. The Bertz CT molecular complexity index is 782. The summed E-state index contributed by atoms with van der Waals surface area (Å²) in [6.45, 7) is 5.97. The van der Waals surface area contributed by atoms with E-state index in [0.717, 1.165) is 30.1 Å². The normalized spacial score (nSPS) is 13.5. The summed E-state index contributed by atoms with van der Waals surface area (Å²) in [6.07, 6.45) is 0.990. The van der Waals surface area contributed by atoms with E-state index >= 15 is 0 Å². The molecule has 2 aromatic carbocycles. The van der Waals surface area contributed by atoms with Crippen molar-refractivity contribution >= 4 is 17.3 Å². The molecule has 26 heavy (non-hydrogen) atoms. The standard InChI is InChI=1S/C21H25N3O2/c1-16-4-10-20(11-5-16)26-15-14-23(3)21(25)18-6-8-19(9-7-18)24-13-12-17(2)22-24/h4-11H,12-15H2,1-3H3. The average molecular weight is 351 g/mol. The highest BCUT2D eigenvalue weighted by molar-refractivity contribution is 5.94. The van der Waals surface area contributed by atoms with Gasteiger partial charge < -0.3 is 9.64 Å². The van der Waals surface area contributed by atoms with Crippen LogP contribution in [0.1, 0.15) is 29.3 Å². The Morgan fingerprint density at radius 1 is 1.12 bits per heavy atom. The Hall–Kier alpha value is -2.82. The summed E-state index contributed by atoms with van der Waals surface area (Å²) in [6, 6.07) is 15.5. The molecule has 0 saturated carbocycles. The molecule has 0 radical (unpaired) electrons. The van der Waals surface area contributed by atoms with Crippen LogP contribution in [-0.2, 0) is 0 Å². The molecule has 1 heterocycles. The minimum absolute atomic E-state index is 0.00911. The quantitative estimate of drug-likeness (QED) is 0.796. The van der Waals surface area contributed by atoms with Crippen LogP contribution in [0.4, 0.5) is 5.69 Å². The lowest BCUT2D eigenvalue weighted by Crippen LogP contribution is -2.30. The fourth-order valence-corrected chi connectivity index (χ4v) is 2.79. The molecule has 0 unspecified atom stereocenters. The van der Waals surface area contributed by atoms with Gasteiger partial charge in [0.2, 0.25) is 0 Å². The van der Waals surface area contributed by atoms with E-state index in [2.05, 4.69) is 5.10 Å². The molecule has 1 aliphatic heterocycles. The summed E-state index contributed by atoms with van der Waals surface area (Å²) in [5.41, 5.74) is 4.02. The lowest BCUT2D eigenvalue weighted by molar-refractivity contribution is 0.0774. The first-order chi connectivity index (χ1) is 12.5. The maximum absolute atomic E-state index is 12.5. The number of carbonyl (C=O) groups excluding carboxylic acids is 1. The van der Waals surface area contributed by atoms with Gasteiger partial charge in [-0.05, 0) is 50.2 Å². The van der Waals surface area contributed by atoms with E-state index in [9.17, 15) is 4.79 Å². The summed E-state index contributed by atoms with van der Waals surface area (Å²) in [7, 11) is 1.79. The van der Waals surface area contributed by atoms with Gasteiger partial charge >= 0.3 is 0 Å². The first-order valence-corrected chi connectivity index (χ1v) is 8.89. The van der Waals surface area contributed by atoms with E-state index < -0.39 is 0 Å². The Balaban J connectivity index is 1.52. The predicted molar refractivity (Wildman–Crippen MR) is 105 cm³/mol. The van der Waals surface area contributed by atoms with E-state index in [0.29, 0.717) is 18.7 Å². The van der Waals surface area contributed by atoms with Crippen molar-refractivity contribution in [2.24, 2.45) is 5.10 Å². The van der Waals surface area contributed by atoms with Crippen molar-refractivity contribution in [3.05, 3.63) is 59.7 Å². The molecule has 0 fully saturated rings. The number of hydrogen-bond acceptors (Lipinski definition) is 4. The molecule has 136 valence electrons. The molecule has 0 aromatic heterocycles. The molecule has 0 bridgehead atoms. The highest BCUT2D eigenvalue weighted by atomic mass is 16.5. The van der Waals surface area contributed by atoms with Crippen LogP contribution in [0.15, 0.2) is 53.6 Å². The minimum atomic E-state index is -0.00911. The molecule has 0 saturated heterocycles. The predicted octanol–water partition coefficient (Wildman–Crippen LogP) is 3.73. The average Bonchev–Trinajstić information content (AvgIpc) is 3.09. The van der Waals surface area contributed by atoms with E-state index in [1.807, 2.05) is 67.4 Å². The van der Waals surface area contributed by atoms with Gasteiger partial charge in [-0.15, -0.1) is 0 Å². The molecule has 3 rings (SSSR count). The maximum Gasteiger partial charge on any atom is 0.253 e. The zero-order valence-electron chi connectivity index (χ0n) is 15.6.